The fourth-order valence-electron chi connectivity index (χ4n) is 5.89. The number of anilines is 1. The van der Waals surface area contributed by atoms with Crippen LogP contribution in [0.25, 0.3) is 22.5 Å². The van der Waals surface area contributed by atoms with Gasteiger partial charge in [0.2, 0.25) is 0 Å². The molecule has 3 aliphatic rings. The Balaban J connectivity index is 1.31. The second kappa shape index (κ2) is 8.46. The normalized spacial score (nSPS) is 21.5. The van der Waals surface area contributed by atoms with E-state index in [4.69, 9.17) is 9.98 Å². The van der Waals surface area contributed by atoms with Crippen LogP contribution in [-0.4, -0.2) is 22.9 Å². The Bertz CT molecular complexity index is 1560. The molecule has 0 fully saturated rings. The largest absolute Gasteiger partial charge is 0.322 e. The SMILES string of the molecule is Cc1cccc(-c2cccc(-c3cccc(C4=NC5C=CC=CC5C5Cc6ccccc6N45)c3)n2)c1. The van der Waals surface area contributed by atoms with Crippen LogP contribution >= 0.6 is 0 Å². The first-order valence-corrected chi connectivity index (χ1v) is 12.7. The Kier molecular flexibility index (Phi) is 4.95. The van der Waals surface area contributed by atoms with Crippen LogP contribution in [0.15, 0.2) is 120 Å². The predicted octanol–water partition coefficient (Wildman–Crippen LogP) is 7.03. The van der Waals surface area contributed by atoms with Gasteiger partial charge < -0.3 is 4.90 Å². The van der Waals surface area contributed by atoms with Crippen LogP contribution in [-0.2, 0) is 6.42 Å². The van der Waals surface area contributed by atoms with Crippen LogP contribution in [0, 0.1) is 12.8 Å². The lowest BCUT2D eigenvalue weighted by Crippen LogP contribution is -2.50. The molecule has 3 nitrogen and oxygen atoms in total. The Labute approximate surface area is 212 Å². The number of benzene rings is 3. The number of nitrogens with zero attached hydrogens (tertiary/aromatic N) is 3. The van der Waals surface area contributed by atoms with Crippen molar-refractivity contribution >= 4 is 11.5 Å². The number of amidine groups is 1. The molecule has 36 heavy (non-hydrogen) atoms. The van der Waals surface area contributed by atoms with Crippen molar-refractivity contribution in [2.45, 2.75) is 25.4 Å². The van der Waals surface area contributed by atoms with E-state index in [2.05, 4.69) is 127 Å². The highest BCUT2D eigenvalue weighted by molar-refractivity contribution is 6.12. The maximum Gasteiger partial charge on any atom is 0.136 e. The second-order valence-electron chi connectivity index (χ2n) is 9.92. The highest BCUT2D eigenvalue weighted by Gasteiger charge is 2.43. The summed E-state index contributed by atoms with van der Waals surface area (Å²) in [6, 6.07) is 32.9. The first-order valence-electron chi connectivity index (χ1n) is 12.7. The van der Waals surface area contributed by atoms with Gasteiger partial charge in [-0.1, -0.05) is 90.5 Å². The standard InChI is InChI=1S/C33H27N3/c1-22-9-6-11-23(19-22)28-16-8-17-29(34-28)24-12-7-13-26(20-24)33-35-30-15-4-3-14-27(30)32-21-25-10-2-5-18-31(25)36(32)33/h2-20,27,30,32H,21H2,1H3. The van der Waals surface area contributed by atoms with E-state index >= 15 is 0 Å². The number of hydrogen-bond acceptors (Lipinski definition) is 3. The average Bonchev–Trinajstić information content (AvgIpc) is 3.33. The molecule has 1 aliphatic carbocycles. The Morgan fingerprint density at radius 2 is 1.44 bits per heavy atom. The molecule has 0 N–H and O–H groups in total. The van der Waals surface area contributed by atoms with Gasteiger partial charge >= 0.3 is 0 Å². The van der Waals surface area contributed by atoms with Crippen molar-refractivity contribution in [2.24, 2.45) is 10.9 Å². The zero-order chi connectivity index (χ0) is 24.1. The minimum Gasteiger partial charge on any atom is -0.322 e. The molecule has 0 saturated carbocycles. The summed E-state index contributed by atoms with van der Waals surface area (Å²) in [5, 5.41) is 0. The molecule has 3 atom stereocenters. The summed E-state index contributed by atoms with van der Waals surface area (Å²) in [5.74, 6) is 1.45. The molecular formula is C33H27N3. The number of rotatable bonds is 3. The van der Waals surface area contributed by atoms with Crippen LogP contribution < -0.4 is 4.90 Å². The number of fused-ring (bicyclic) bond motifs is 5. The second-order valence-corrected chi connectivity index (χ2v) is 9.92. The number of para-hydroxylation sites is 1. The molecule has 174 valence electrons. The third kappa shape index (κ3) is 3.51. The minimum atomic E-state index is 0.173. The molecule has 0 amide bonds. The predicted molar refractivity (Wildman–Crippen MR) is 148 cm³/mol. The first kappa shape index (κ1) is 21.1. The molecule has 0 bridgehead atoms. The third-order valence-electron chi connectivity index (χ3n) is 7.58. The molecule has 1 aromatic heterocycles. The van der Waals surface area contributed by atoms with E-state index in [0.29, 0.717) is 12.0 Å². The van der Waals surface area contributed by atoms with Crippen LogP contribution in [0.5, 0.6) is 0 Å². The summed E-state index contributed by atoms with van der Waals surface area (Å²) >= 11 is 0. The summed E-state index contributed by atoms with van der Waals surface area (Å²) in [7, 11) is 0. The topological polar surface area (TPSA) is 28.5 Å². The lowest BCUT2D eigenvalue weighted by atomic mass is 9.84. The van der Waals surface area contributed by atoms with Gasteiger partial charge in [0.05, 0.1) is 17.4 Å². The van der Waals surface area contributed by atoms with Crippen molar-refractivity contribution in [2.75, 3.05) is 4.90 Å². The summed E-state index contributed by atoms with van der Waals surface area (Å²) in [6.45, 7) is 2.12. The number of aryl methyl sites for hydroxylation is 1. The van der Waals surface area contributed by atoms with Crippen molar-refractivity contribution in [1.82, 2.24) is 4.98 Å². The van der Waals surface area contributed by atoms with Crippen LogP contribution in [0.4, 0.5) is 5.69 Å². The molecule has 3 unspecified atom stereocenters. The Hall–Kier alpha value is -4.24. The van der Waals surface area contributed by atoms with Crippen molar-refractivity contribution in [1.29, 1.82) is 0 Å². The average molecular weight is 466 g/mol. The van der Waals surface area contributed by atoms with Gasteiger partial charge in [-0.25, -0.2) is 4.98 Å². The molecule has 0 spiro atoms. The zero-order valence-corrected chi connectivity index (χ0v) is 20.3. The highest BCUT2D eigenvalue weighted by atomic mass is 15.3. The first-order chi connectivity index (χ1) is 17.7. The molecule has 2 aliphatic heterocycles. The molecule has 0 saturated heterocycles. The van der Waals surface area contributed by atoms with Gasteiger partial charge in [0.15, 0.2) is 0 Å². The highest BCUT2D eigenvalue weighted by Crippen LogP contribution is 2.42. The number of aromatic nitrogens is 1. The molecule has 4 aromatic rings. The van der Waals surface area contributed by atoms with E-state index in [-0.39, 0.29) is 6.04 Å². The zero-order valence-electron chi connectivity index (χ0n) is 20.3. The van der Waals surface area contributed by atoms with Gasteiger partial charge in [-0.3, -0.25) is 4.99 Å². The monoisotopic (exact) mass is 465 g/mol. The van der Waals surface area contributed by atoms with E-state index in [1.807, 2.05) is 0 Å². The lowest BCUT2D eigenvalue weighted by molar-refractivity contribution is 0.450. The van der Waals surface area contributed by atoms with Gasteiger partial charge in [0.25, 0.3) is 0 Å². The molecule has 3 heteroatoms. The number of allylic oxidation sites excluding steroid dienone is 2. The van der Waals surface area contributed by atoms with Gasteiger partial charge in [0, 0.05) is 34.3 Å². The lowest BCUT2D eigenvalue weighted by Gasteiger charge is -2.41. The fraction of sp³-hybridized carbons (Fsp3) is 0.152. The molecule has 0 radical (unpaired) electrons. The Morgan fingerprint density at radius 3 is 2.31 bits per heavy atom. The smallest absolute Gasteiger partial charge is 0.136 e. The summed E-state index contributed by atoms with van der Waals surface area (Å²) in [4.78, 5) is 12.8. The van der Waals surface area contributed by atoms with E-state index in [9.17, 15) is 0 Å². The fourth-order valence-corrected chi connectivity index (χ4v) is 5.89. The van der Waals surface area contributed by atoms with E-state index in [0.717, 1.165) is 40.3 Å². The van der Waals surface area contributed by atoms with Crippen LogP contribution in [0.3, 0.4) is 0 Å². The van der Waals surface area contributed by atoms with E-state index in [1.165, 1.54) is 16.8 Å². The van der Waals surface area contributed by atoms with Crippen molar-refractivity contribution in [3.8, 4) is 22.5 Å². The third-order valence-corrected chi connectivity index (χ3v) is 7.58. The van der Waals surface area contributed by atoms with Gasteiger partial charge in [0.1, 0.15) is 5.84 Å². The molecule has 3 aromatic carbocycles. The minimum absolute atomic E-state index is 0.173. The van der Waals surface area contributed by atoms with Gasteiger partial charge in [-0.15, -0.1) is 0 Å². The summed E-state index contributed by atoms with van der Waals surface area (Å²) < 4.78 is 0. The number of hydrogen-bond donors (Lipinski definition) is 0. The summed E-state index contributed by atoms with van der Waals surface area (Å²) in [6.07, 6.45) is 9.95. The van der Waals surface area contributed by atoms with Crippen LogP contribution in [0.2, 0.25) is 0 Å². The summed E-state index contributed by atoms with van der Waals surface area (Å²) in [5.41, 5.74) is 9.28. The number of pyridine rings is 1. The Morgan fingerprint density at radius 1 is 0.722 bits per heavy atom. The van der Waals surface area contributed by atoms with E-state index in [1.54, 1.807) is 0 Å². The molecule has 3 heterocycles. The van der Waals surface area contributed by atoms with Crippen molar-refractivity contribution in [3.63, 3.8) is 0 Å². The van der Waals surface area contributed by atoms with Gasteiger partial charge in [-0.05, 0) is 49.2 Å². The molecular weight excluding hydrogens is 438 g/mol. The van der Waals surface area contributed by atoms with Crippen molar-refractivity contribution < 1.29 is 0 Å². The van der Waals surface area contributed by atoms with Crippen LogP contribution in [0.1, 0.15) is 16.7 Å². The molecule has 7 rings (SSSR count). The van der Waals surface area contributed by atoms with Gasteiger partial charge in [-0.2, -0.15) is 0 Å². The maximum atomic E-state index is 5.31. The van der Waals surface area contributed by atoms with E-state index < -0.39 is 0 Å². The number of aliphatic imine (C=N–C) groups is 1. The quantitative estimate of drug-likeness (QED) is 0.325. The van der Waals surface area contributed by atoms with Crippen molar-refractivity contribution in [3.05, 3.63) is 132 Å². The maximum absolute atomic E-state index is 5.31.